The molecule has 0 unspecified atom stereocenters. The molecule has 0 aliphatic heterocycles. The first-order valence-electron chi connectivity index (χ1n) is 6.76. The highest BCUT2D eigenvalue weighted by molar-refractivity contribution is 5.82. The lowest BCUT2D eigenvalue weighted by Crippen LogP contribution is -2.45. The van der Waals surface area contributed by atoms with Crippen LogP contribution in [0.1, 0.15) is 44.1 Å². The van der Waals surface area contributed by atoms with Crippen LogP contribution in [-0.4, -0.2) is 12.5 Å². The summed E-state index contributed by atoms with van der Waals surface area (Å²) in [6.45, 7) is 0.974. The van der Waals surface area contributed by atoms with Crippen molar-refractivity contribution in [2.24, 2.45) is 11.1 Å². The molecule has 1 saturated carbocycles. The highest BCUT2D eigenvalue weighted by Crippen LogP contribution is 2.34. The monoisotopic (exact) mass is 250 g/mol. The predicted molar refractivity (Wildman–Crippen MR) is 69.7 cm³/mol. The lowest BCUT2D eigenvalue weighted by atomic mass is 9.79. The van der Waals surface area contributed by atoms with Crippen molar-refractivity contribution in [2.45, 2.75) is 45.1 Å². The zero-order valence-electron chi connectivity index (χ0n) is 10.8. The second-order valence-corrected chi connectivity index (χ2v) is 5.21. The first-order chi connectivity index (χ1) is 8.77. The SMILES string of the molecule is NCC1(C(=O)NCc2ccoc2)CCCCCC1. The van der Waals surface area contributed by atoms with Crippen LogP contribution in [0, 0.1) is 5.41 Å². The van der Waals surface area contributed by atoms with E-state index in [0.29, 0.717) is 13.1 Å². The molecule has 4 nitrogen and oxygen atoms in total. The van der Waals surface area contributed by atoms with Gasteiger partial charge in [-0.25, -0.2) is 0 Å². The fraction of sp³-hybridized carbons (Fsp3) is 0.643. The Morgan fingerprint density at radius 2 is 2.06 bits per heavy atom. The van der Waals surface area contributed by atoms with Crippen LogP contribution in [0.25, 0.3) is 0 Å². The Bertz CT molecular complexity index is 365. The largest absolute Gasteiger partial charge is 0.472 e. The van der Waals surface area contributed by atoms with E-state index in [1.807, 2.05) is 6.07 Å². The molecule has 18 heavy (non-hydrogen) atoms. The number of hydrogen-bond donors (Lipinski definition) is 2. The molecule has 0 atom stereocenters. The molecule has 1 aliphatic carbocycles. The molecule has 1 aromatic rings. The minimum atomic E-state index is -0.347. The van der Waals surface area contributed by atoms with Crippen molar-refractivity contribution in [2.75, 3.05) is 6.54 Å². The van der Waals surface area contributed by atoms with Gasteiger partial charge in [0.05, 0.1) is 17.9 Å². The Hall–Kier alpha value is -1.29. The fourth-order valence-corrected chi connectivity index (χ4v) is 2.69. The van der Waals surface area contributed by atoms with Crippen molar-refractivity contribution in [1.82, 2.24) is 5.32 Å². The number of carbonyl (C=O) groups is 1. The van der Waals surface area contributed by atoms with Gasteiger partial charge in [0, 0.05) is 18.7 Å². The maximum Gasteiger partial charge on any atom is 0.227 e. The molecule has 4 heteroatoms. The molecule has 2 rings (SSSR count). The minimum Gasteiger partial charge on any atom is -0.472 e. The Labute approximate surface area is 108 Å². The van der Waals surface area contributed by atoms with Crippen molar-refractivity contribution < 1.29 is 9.21 Å². The molecule has 100 valence electrons. The van der Waals surface area contributed by atoms with Gasteiger partial charge >= 0.3 is 0 Å². The number of carbonyl (C=O) groups excluding carboxylic acids is 1. The van der Waals surface area contributed by atoms with Gasteiger partial charge in [-0.2, -0.15) is 0 Å². The van der Waals surface area contributed by atoms with Gasteiger partial charge in [0.2, 0.25) is 5.91 Å². The highest BCUT2D eigenvalue weighted by Gasteiger charge is 2.36. The molecule has 0 aromatic carbocycles. The van der Waals surface area contributed by atoms with Crippen LogP contribution in [0.2, 0.25) is 0 Å². The molecule has 1 amide bonds. The number of nitrogens with two attached hydrogens (primary N) is 1. The second kappa shape index (κ2) is 6.05. The summed E-state index contributed by atoms with van der Waals surface area (Å²) in [7, 11) is 0. The maximum atomic E-state index is 12.4. The minimum absolute atomic E-state index is 0.105. The molecule has 1 heterocycles. The fourth-order valence-electron chi connectivity index (χ4n) is 2.69. The summed E-state index contributed by atoms with van der Waals surface area (Å²) in [5, 5.41) is 3.00. The summed E-state index contributed by atoms with van der Waals surface area (Å²) in [5.74, 6) is 0.105. The number of furan rings is 1. The Kier molecular flexibility index (Phi) is 4.42. The van der Waals surface area contributed by atoms with E-state index in [2.05, 4.69) is 5.32 Å². The number of amides is 1. The van der Waals surface area contributed by atoms with E-state index in [9.17, 15) is 4.79 Å². The van der Waals surface area contributed by atoms with Gasteiger partial charge in [0.1, 0.15) is 0 Å². The lowest BCUT2D eigenvalue weighted by molar-refractivity contribution is -0.131. The standard InChI is InChI=1S/C14H22N2O2/c15-11-14(6-3-1-2-4-7-14)13(17)16-9-12-5-8-18-10-12/h5,8,10H,1-4,6-7,9,11,15H2,(H,16,17). The zero-order chi connectivity index (χ0) is 12.8. The van der Waals surface area contributed by atoms with Crippen LogP contribution in [0.5, 0.6) is 0 Å². The summed E-state index contributed by atoms with van der Waals surface area (Å²) >= 11 is 0. The maximum absolute atomic E-state index is 12.4. The smallest absolute Gasteiger partial charge is 0.227 e. The van der Waals surface area contributed by atoms with Gasteiger partial charge in [-0.15, -0.1) is 0 Å². The number of rotatable bonds is 4. The summed E-state index contributed by atoms with van der Waals surface area (Å²) in [6.07, 6.45) is 9.76. The molecule has 1 fully saturated rings. The highest BCUT2D eigenvalue weighted by atomic mass is 16.3. The van der Waals surface area contributed by atoms with Gasteiger partial charge < -0.3 is 15.5 Å². The van der Waals surface area contributed by atoms with E-state index in [4.69, 9.17) is 10.2 Å². The van der Waals surface area contributed by atoms with Crippen LogP contribution in [0.3, 0.4) is 0 Å². The topological polar surface area (TPSA) is 68.3 Å². The van der Waals surface area contributed by atoms with Gasteiger partial charge in [0.25, 0.3) is 0 Å². The molecule has 1 aromatic heterocycles. The molecule has 0 spiro atoms. The summed E-state index contributed by atoms with van der Waals surface area (Å²) in [4.78, 5) is 12.4. The summed E-state index contributed by atoms with van der Waals surface area (Å²) in [6, 6.07) is 1.86. The third-order valence-corrected chi connectivity index (χ3v) is 3.97. The van der Waals surface area contributed by atoms with Crippen molar-refractivity contribution in [3.63, 3.8) is 0 Å². The third kappa shape index (κ3) is 2.93. The molecule has 3 N–H and O–H groups in total. The van der Waals surface area contributed by atoms with Crippen LogP contribution in [0.4, 0.5) is 0 Å². The quantitative estimate of drug-likeness (QED) is 0.805. The van der Waals surface area contributed by atoms with Crippen molar-refractivity contribution in [1.29, 1.82) is 0 Å². The van der Waals surface area contributed by atoms with Gasteiger partial charge in [0.15, 0.2) is 0 Å². The van der Waals surface area contributed by atoms with Crippen molar-refractivity contribution in [3.8, 4) is 0 Å². The van der Waals surface area contributed by atoms with E-state index in [1.54, 1.807) is 12.5 Å². The molecule has 0 saturated heterocycles. The van der Waals surface area contributed by atoms with Crippen molar-refractivity contribution in [3.05, 3.63) is 24.2 Å². The normalized spacial score (nSPS) is 19.2. The van der Waals surface area contributed by atoms with Crippen molar-refractivity contribution >= 4 is 5.91 Å². The van der Waals surface area contributed by atoms with Crippen LogP contribution < -0.4 is 11.1 Å². The van der Waals surface area contributed by atoms with Crippen LogP contribution in [-0.2, 0) is 11.3 Å². The molecule has 0 radical (unpaired) electrons. The predicted octanol–water partition coefficient (Wildman–Crippen LogP) is 2.20. The zero-order valence-corrected chi connectivity index (χ0v) is 10.8. The first kappa shape index (κ1) is 13.1. The molecular weight excluding hydrogens is 228 g/mol. The van der Waals surface area contributed by atoms with Gasteiger partial charge in [-0.05, 0) is 18.9 Å². The lowest BCUT2D eigenvalue weighted by Gasteiger charge is -2.29. The Balaban J connectivity index is 1.95. The molecule has 0 bridgehead atoms. The van der Waals surface area contributed by atoms with E-state index in [0.717, 1.165) is 31.2 Å². The average molecular weight is 250 g/mol. The van der Waals surface area contributed by atoms with Gasteiger partial charge in [-0.3, -0.25) is 4.79 Å². The second-order valence-electron chi connectivity index (χ2n) is 5.21. The molecule has 1 aliphatic rings. The van der Waals surface area contributed by atoms with E-state index < -0.39 is 0 Å². The van der Waals surface area contributed by atoms with E-state index in [-0.39, 0.29) is 11.3 Å². The van der Waals surface area contributed by atoms with Crippen LogP contribution >= 0.6 is 0 Å². The molecular formula is C14H22N2O2. The third-order valence-electron chi connectivity index (χ3n) is 3.97. The number of nitrogens with one attached hydrogen (secondary N) is 1. The summed E-state index contributed by atoms with van der Waals surface area (Å²) < 4.78 is 4.99. The van der Waals surface area contributed by atoms with E-state index in [1.165, 1.54) is 12.8 Å². The average Bonchev–Trinajstić information content (AvgIpc) is 2.79. The first-order valence-corrected chi connectivity index (χ1v) is 6.76. The van der Waals surface area contributed by atoms with Crippen LogP contribution in [0.15, 0.2) is 23.0 Å². The summed E-state index contributed by atoms with van der Waals surface area (Å²) in [5.41, 5.74) is 6.52. The number of hydrogen-bond acceptors (Lipinski definition) is 3. The van der Waals surface area contributed by atoms with E-state index >= 15 is 0 Å². The Morgan fingerprint density at radius 3 is 2.61 bits per heavy atom. The Morgan fingerprint density at radius 1 is 1.33 bits per heavy atom. The van der Waals surface area contributed by atoms with Gasteiger partial charge in [-0.1, -0.05) is 25.7 Å².